The summed E-state index contributed by atoms with van der Waals surface area (Å²) >= 11 is 5.20. The quantitative estimate of drug-likeness (QED) is 0.0352. The van der Waals surface area contributed by atoms with E-state index in [9.17, 15) is 20.7 Å². The summed E-state index contributed by atoms with van der Waals surface area (Å²) in [6.07, 6.45) is 1.67. The molecule has 0 bridgehead atoms. The summed E-state index contributed by atoms with van der Waals surface area (Å²) in [5.41, 5.74) is 4.52. The number of benzene rings is 6. The minimum absolute atomic E-state index is 0. The first-order valence-electron chi connectivity index (χ1n) is 22.9. The lowest BCUT2D eigenvalue weighted by molar-refractivity contribution is 0.0319. The predicted octanol–water partition coefficient (Wildman–Crippen LogP) is 10.3. The molecule has 391 valence electrons. The normalized spacial score (nSPS) is 11.1. The van der Waals surface area contributed by atoms with Gasteiger partial charge in [-0.1, -0.05) is 24.3 Å². The van der Waals surface area contributed by atoms with Gasteiger partial charge in [0.2, 0.25) is 0 Å². The zero-order chi connectivity index (χ0) is 53.7. The summed E-state index contributed by atoms with van der Waals surface area (Å²) in [7, 11) is 9.21. The van der Waals surface area contributed by atoms with Crippen LogP contribution in [0.2, 0.25) is 0 Å². The Morgan fingerprint density at radius 1 is 0.526 bits per heavy atom. The Morgan fingerprint density at radius 2 is 0.947 bits per heavy atom. The van der Waals surface area contributed by atoms with Gasteiger partial charge >= 0.3 is 0 Å². The van der Waals surface area contributed by atoms with Crippen LogP contribution < -0.4 is 43.8 Å². The first-order valence-corrected chi connectivity index (χ1v) is 23.4. The van der Waals surface area contributed by atoms with Crippen molar-refractivity contribution < 1.29 is 58.0 Å². The van der Waals surface area contributed by atoms with Crippen molar-refractivity contribution in [3.8, 4) is 69.6 Å². The van der Waals surface area contributed by atoms with Crippen molar-refractivity contribution in [1.82, 2.24) is 9.97 Å². The zero-order valence-electron chi connectivity index (χ0n) is 42.4. The number of methoxy groups -OCH3 is 6. The minimum atomic E-state index is -0.786. The number of nitrogens with one attached hydrogen (secondary N) is 2. The third-order valence-electron chi connectivity index (χ3n) is 10.7. The van der Waals surface area contributed by atoms with Crippen molar-refractivity contribution in [2.24, 2.45) is 0 Å². The molecule has 2 aromatic heterocycles. The number of hydrogen-bond acceptors (Lipinski definition) is 18. The largest absolute Gasteiger partial charge is 0.504 e. The van der Waals surface area contributed by atoms with Crippen molar-refractivity contribution in [2.75, 3.05) is 79.0 Å². The van der Waals surface area contributed by atoms with Gasteiger partial charge in [0.15, 0.2) is 46.0 Å². The summed E-state index contributed by atoms with van der Waals surface area (Å²) < 4.78 is 48.5. The maximum atomic E-state index is 10.0. The molecule has 0 aliphatic carbocycles. The summed E-state index contributed by atoms with van der Waals surface area (Å²) in [6, 6.07) is 40.4. The number of halogens is 1. The number of hydrogen-bond donors (Lipinski definition) is 5. The molecule has 18 nitrogen and oxygen atoms in total. The fraction of sp³-hybridized carbons (Fsp3) is 0.214. The van der Waals surface area contributed by atoms with Gasteiger partial charge in [-0.25, -0.2) is 0 Å². The maximum absolute atomic E-state index is 10.0. The highest BCUT2D eigenvalue weighted by atomic mass is 35.5. The number of anilines is 4. The highest BCUT2D eigenvalue weighted by molar-refractivity contribution is 6.18. The Kier molecular flexibility index (Phi) is 22.4. The molecule has 5 N–H and O–H groups in total. The lowest BCUT2D eigenvalue weighted by Crippen LogP contribution is -2.22. The SMILES string of the molecule is COCC(O)CCl.COCC(O)COc1cc2ncc(C#N)c(Nc3ccc(Oc4ccccc4OC)cc3)c2cc1OC.COc1cc2c(Nc3ccc(Oc4ccccc4OC)cc3)c(C#N)cnc2cc1O.[B]. The Labute approximate surface area is 447 Å². The Balaban J connectivity index is 0.000000249. The molecule has 3 radical (unpaired) electrons. The second-order valence-electron chi connectivity index (χ2n) is 15.9. The van der Waals surface area contributed by atoms with Crippen LogP contribution in [-0.2, 0) is 9.47 Å². The Morgan fingerprint density at radius 3 is 1.36 bits per heavy atom. The number of phenolic OH excluding ortho intramolecular Hbond substituents is 1. The van der Waals surface area contributed by atoms with Crippen LogP contribution in [0.25, 0.3) is 21.8 Å². The minimum Gasteiger partial charge on any atom is -0.504 e. The number of fused-ring (bicyclic) bond motifs is 2. The molecule has 0 fully saturated rings. The molecule has 0 aliphatic heterocycles. The van der Waals surface area contributed by atoms with Gasteiger partial charge in [-0.15, -0.1) is 11.6 Å². The number of aliphatic hydroxyl groups is 2. The molecule has 76 heavy (non-hydrogen) atoms. The number of nitrogens with zero attached hydrogens (tertiary/aromatic N) is 4. The first kappa shape index (κ1) is 58.2. The summed E-state index contributed by atoms with van der Waals surface area (Å²) in [5, 5.41) is 55.8. The third-order valence-corrected chi connectivity index (χ3v) is 11.1. The average Bonchev–Trinajstić information content (AvgIpc) is 3.44. The van der Waals surface area contributed by atoms with E-state index in [-0.39, 0.29) is 33.3 Å². The number of phenols is 1. The van der Waals surface area contributed by atoms with E-state index in [0.29, 0.717) is 103 Å². The standard InChI is InChI=1S/C28H27N3O6.C24H19N3O4.C4H9ClO2.B/c1-33-16-20(32)17-36-27-13-23-22(12-26(27)35-3)28(18(14-29)15-30-23)31-19-8-10-21(11-9-19)37-25-7-5-4-6-24(25)34-2;1-29-21-5-3-4-6-22(21)31-17-9-7-16(8-10-17)27-24-15(13-25)14-26-19-12-20(28)23(30-2)11-18(19)24;1-7-3-4(6)2-5;/h4-13,15,20,32H,16-17H2,1-3H3,(H,30,31);3-12,14,28H,1-2H3,(H,26,27);4,6H,2-3H2,1H3;. The van der Waals surface area contributed by atoms with Crippen LogP contribution in [-0.4, -0.2) is 114 Å². The molecule has 2 heterocycles. The second-order valence-corrected chi connectivity index (χ2v) is 16.2. The number of rotatable bonds is 20. The number of nitriles is 2. The molecule has 2 unspecified atom stereocenters. The molecule has 0 saturated carbocycles. The molecule has 0 spiro atoms. The predicted molar refractivity (Wildman–Crippen MR) is 291 cm³/mol. The monoisotopic (exact) mass is 1050 g/mol. The fourth-order valence-electron chi connectivity index (χ4n) is 7.11. The number of pyridine rings is 2. The summed E-state index contributed by atoms with van der Waals surface area (Å²) in [4.78, 5) is 8.67. The third kappa shape index (κ3) is 15.4. The number of aromatic nitrogens is 2. The van der Waals surface area contributed by atoms with Crippen LogP contribution in [0.1, 0.15) is 11.1 Å². The van der Waals surface area contributed by atoms with Crippen LogP contribution in [0.5, 0.6) is 57.5 Å². The van der Waals surface area contributed by atoms with E-state index >= 15 is 0 Å². The van der Waals surface area contributed by atoms with E-state index in [4.69, 9.17) is 54.6 Å². The van der Waals surface area contributed by atoms with E-state index in [1.807, 2.05) is 97.1 Å². The molecular formula is C56H55BClN6O12. The van der Waals surface area contributed by atoms with Crippen molar-refractivity contribution in [3.63, 3.8) is 0 Å². The number of para-hydroxylation sites is 4. The van der Waals surface area contributed by atoms with Gasteiger partial charge in [0, 0.05) is 69.3 Å². The lowest BCUT2D eigenvalue weighted by Gasteiger charge is -2.17. The molecule has 8 aromatic rings. The van der Waals surface area contributed by atoms with Crippen LogP contribution in [0.3, 0.4) is 0 Å². The molecular weight excluding hydrogens is 995 g/mol. The van der Waals surface area contributed by atoms with Crippen molar-refractivity contribution in [1.29, 1.82) is 10.5 Å². The van der Waals surface area contributed by atoms with Gasteiger partial charge in [-0.3, -0.25) is 9.97 Å². The number of aliphatic hydroxyl groups excluding tert-OH is 2. The number of alkyl halides is 1. The first-order chi connectivity index (χ1) is 36.5. The number of ether oxygens (including phenoxy) is 9. The van der Waals surface area contributed by atoms with Crippen LogP contribution >= 0.6 is 11.6 Å². The molecule has 2 atom stereocenters. The van der Waals surface area contributed by atoms with Gasteiger partial charge < -0.3 is 68.6 Å². The topological polar surface area (TPSA) is 241 Å². The van der Waals surface area contributed by atoms with Gasteiger partial charge in [0.05, 0.1) is 87.2 Å². The summed E-state index contributed by atoms with van der Waals surface area (Å²) in [6.45, 7) is 0.500. The maximum Gasteiger partial charge on any atom is 0.169 e. The fourth-order valence-corrected chi connectivity index (χ4v) is 7.20. The van der Waals surface area contributed by atoms with E-state index in [1.165, 1.54) is 46.9 Å². The van der Waals surface area contributed by atoms with Crippen LogP contribution in [0.15, 0.2) is 134 Å². The van der Waals surface area contributed by atoms with E-state index < -0.39 is 12.2 Å². The highest BCUT2D eigenvalue weighted by Gasteiger charge is 2.17. The molecule has 6 aromatic carbocycles. The van der Waals surface area contributed by atoms with Crippen molar-refractivity contribution >= 4 is 64.6 Å². The van der Waals surface area contributed by atoms with Crippen LogP contribution in [0.4, 0.5) is 22.7 Å². The van der Waals surface area contributed by atoms with Gasteiger partial charge in [0.25, 0.3) is 0 Å². The Bertz CT molecular complexity index is 3230. The molecule has 0 aliphatic rings. The lowest BCUT2D eigenvalue weighted by atomic mass is 10.1. The molecule has 0 amide bonds. The molecule has 20 heteroatoms. The smallest absolute Gasteiger partial charge is 0.169 e. The van der Waals surface area contributed by atoms with Crippen LogP contribution in [0, 0.1) is 22.7 Å². The van der Waals surface area contributed by atoms with Gasteiger partial charge in [-0.05, 0) is 84.9 Å². The van der Waals surface area contributed by atoms with Crippen molar-refractivity contribution in [2.45, 2.75) is 12.2 Å². The second kappa shape index (κ2) is 29.3. The zero-order valence-corrected chi connectivity index (χ0v) is 43.2. The number of aromatic hydroxyl groups is 1. The molecule has 0 saturated heterocycles. The van der Waals surface area contributed by atoms with E-state index in [0.717, 1.165) is 11.4 Å². The van der Waals surface area contributed by atoms with Gasteiger partial charge in [-0.2, -0.15) is 10.5 Å². The average molecular weight is 1050 g/mol. The Hall–Kier alpha value is -8.69. The summed E-state index contributed by atoms with van der Waals surface area (Å²) in [5.74, 6) is 5.17. The van der Waals surface area contributed by atoms with E-state index in [1.54, 1.807) is 32.4 Å². The van der Waals surface area contributed by atoms with Gasteiger partial charge in [0.1, 0.15) is 36.3 Å². The molecule has 8 rings (SSSR count). The highest BCUT2D eigenvalue weighted by Crippen LogP contribution is 2.40. The van der Waals surface area contributed by atoms with Crippen molar-refractivity contribution in [3.05, 3.63) is 145 Å². The van der Waals surface area contributed by atoms with E-state index in [2.05, 4.69) is 37.5 Å².